The van der Waals surface area contributed by atoms with Gasteiger partial charge in [0.2, 0.25) is 29.4 Å². The average Bonchev–Trinajstić information content (AvgIpc) is 3.40. The van der Waals surface area contributed by atoms with Gasteiger partial charge in [0.05, 0.1) is 18.6 Å². The van der Waals surface area contributed by atoms with Crippen LogP contribution in [0.15, 0.2) is 60.7 Å². The van der Waals surface area contributed by atoms with Gasteiger partial charge in [-0.1, -0.05) is 109 Å². The van der Waals surface area contributed by atoms with Crippen molar-refractivity contribution in [2.75, 3.05) is 33.7 Å². The molecule has 12 nitrogen and oxygen atoms in total. The fourth-order valence-corrected chi connectivity index (χ4v) is 7.37. The van der Waals surface area contributed by atoms with Gasteiger partial charge in [0, 0.05) is 20.6 Å². The summed E-state index contributed by atoms with van der Waals surface area (Å²) in [5.74, 6) is -3.50. The molecule has 0 aromatic heterocycles. The van der Waals surface area contributed by atoms with Crippen molar-refractivity contribution in [3.05, 3.63) is 71.8 Å². The fraction of sp³-hybridized carbons (Fsp3) is 0.550. The Kier molecular flexibility index (Phi) is 13.0. The number of benzene rings is 2. The number of hydrogen-bond acceptors (Lipinski definition) is 7. The molecule has 6 unspecified atom stereocenters. The fourth-order valence-electron chi connectivity index (χ4n) is 7.37. The maximum absolute atomic E-state index is 14.3. The molecule has 4 N–H and O–H groups in total. The number of Topliss-reactive ketones (excluding diaryl/α,β-unsaturated/α-hetero) is 1. The molecule has 1 aliphatic heterocycles. The summed E-state index contributed by atoms with van der Waals surface area (Å²) in [4.78, 5) is 83.6. The molecule has 0 bridgehead atoms. The Morgan fingerprint density at radius 1 is 0.923 bits per heavy atom. The number of piperidine rings is 1. The summed E-state index contributed by atoms with van der Waals surface area (Å²) >= 11 is 0. The number of nitrogens with zero attached hydrogens (tertiary/aromatic N) is 2. The zero-order valence-corrected chi connectivity index (χ0v) is 31.8. The third kappa shape index (κ3) is 9.44. The van der Waals surface area contributed by atoms with Crippen molar-refractivity contribution >= 4 is 35.3 Å². The Labute approximate surface area is 307 Å². The summed E-state index contributed by atoms with van der Waals surface area (Å²) in [5, 5.41) is 11.3. The minimum atomic E-state index is -1.15. The van der Waals surface area contributed by atoms with E-state index in [0.717, 1.165) is 12.0 Å². The molecular formula is C40H56N6O6. The van der Waals surface area contributed by atoms with E-state index in [1.807, 2.05) is 58.0 Å². The van der Waals surface area contributed by atoms with Crippen LogP contribution < -0.4 is 21.3 Å². The van der Waals surface area contributed by atoms with Crippen LogP contribution in [-0.2, 0) is 35.2 Å². The highest BCUT2D eigenvalue weighted by atomic mass is 16.2. The molecule has 2 aliphatic rings. The first-order chi connectivity index (χ1) is 24.5. The molecule has 5 amide bonds. The summed E-state index contributed by atoms with van der Waals surface area (Å²) in [6, 6.07) is 15.3. The highest BCUT2D eigenvalue weighted by Gasteiger charge is 2.69. The largest absolute Gasteiger partial charge is 0.347 e. The number of rotatable bonds is 16. The van der Waals surface area contributed by atoms with Crippen molar-refractivity contribution in [3.63, 3.8) is 0 Å². The first-order valence-electron chi connectivity index (χ1n) is 18.2. The molecule has 12 heteroatoms. The number of carbonyl (C=O) groups excluding carboxylic acids is 6. The van der Waals surface area contributed by atoms with Crippen LogP contribution in [0, 0.1) is 22.7 Å². The molecule has 1 aliphatic carbocycles. The van der Waals surface area contributed by atoms with Crippen molar-refractivity contribution < 1.29 is 28.8 Å². The van der Waals surface area contributed by atoms with E-state index >= 15 is 0 Å². The van der Waals surface area contributed by atoms with Crippen LogP contribution in [-0.4, -0.2) is 97.0 Å². The lowest BCUT2D eigenvalue weighted by molar-refractivity contribution is -0.145. The Hall–Kier alpha value is -4.58. The molecule has 0 radical (unpaired) electrons. The van der Waals surface area contributed by atoms with E-state index in [-0.39, 0.29) is 35.5 Å². The van der Waals surface area contributed by atoms with E-state index in [4.69, 9.17) is 0 Å². The number of nitrogens with one attached hydrogen (secondary N) is 4. The lowest BCUT2D eigenvalue weighted by atomic mass is 9.85. The molecule has 282 valence electrons. The van der Waals surface area contributed by atoms with Gasteiger partial charge in [0.25, 0.3) is 5.91 Å². The molecular weight excluding hydrogens is 660 g/mol. The quantitative estimate of drug-likeness (QED) is 0.195. The monoisotopic (exact) mass is 716 g/mol. The molecule has 1 saturated carbocycles. The molecule has 1 saturated heterocycles. The summed E-state index contributed by atoms with van der Waals surface area (Å²) in [6.07, 6.45) is 1.44. The predicted molar refractivity (Wildman–Crippen MR) is 199 cm³/mol. The highest BCUT2D eigenvalue weighted by molar-refractivity contribution is 6.38. The van der Waals surface area contributed by atoms with E-state index in [9.17, 15) is 28.8 Å². The third-order valence-corrected chi connectivity index (χ3v) is 10.4. The molecule has 1 heterocycles. The lowest BCUT2D eigenvalue weighted by Gasteiger charge is -2.38. The van der Waals surface area contributed by atoms with Gasteiger partial charge in [-0.2, -0.15) is 0 Å². The van der Waals surface area contributed by atoms with Gasteiger partial charge < -0.3 is 31.1 Å². The summed E-state index contributed by atoms with van der Waals surface area (Å²) in [5.41, 5.74) is 1.13. The van der Waals surface area contributed by atoms with Crippen molar-refractivity contribution in [1.82, 2.24) is 31.1 Å². The van der Waals surface area contributed by atoms with E-state index in [2.05, 4.69) is 35.1 Å². The zero-order valence-electron chi connectivity index (χ0n) is 31.8. The van der Waals surface area contributed by atoms with Crippen LogP contribution in [0.5, 0.6) is 0 Å². The first-order valence-corrected chi connectivity index (χ1v) is 18.2. The van der Waals surface area contributed by atoms with Gasteiger partial charge in [-0.25, -0.2) is 0 Å². The Balaban J connectivity index is 1.42. The van der Waals surface area contributed by atoms with Gasteiger partial charge >= 0.3 is 0 Å². The number of amides is 5. The SMILES string of the molecule is CCCC(NC(=O)C1C2C(CN1C(=O)C(NCCc1ccccc1)C(C)(C)C)C2(C)C)C(=O)C(=O)NCC(=O)NC(C(=O)N(C)C)c1ccccc1. The minimum Gasteiger partial charge on any atom is -0.347 e. The van der Waals surface area contributed by atoms with Crippen molar-refractivity contribution in [3.8, 4) is 0 Å². The number of fused-ring (bicyclic) bond motifs is 1. The van der Waals surface area contributed by atoms with Gasteiger partial charge in [-0.15, -0.1) is 0 Å². The van der Waals surface area contributed by atoms with Crippen LogP contribution in [0.3, 0.4) is 0 Å². The first kappa shape index (κ1) is 40.2. The summed E-state index contributed by atoms with van der Waals surface area (Å²) < 4.78 is 0. The Bertz CT molecular complexity index is 1610. The normalized spacial score (nSPS) is 20.5. The number of hydrogen-bond donors (Lipinski definition) is 4. The molecule has 52 heavy (non-hydrogen) atoms. The number of carbonyl (C=O) groups is 6. The molecule has 2 aromatic carbocycles. The van der Waals surface area contributed by atoms with Crippen LogP contribution >= 0.6 is 0 Å². The van der Waals surface area contributed by atoms with E-state index in [1.165, 1.54) is 4.90 Å². The number of likely N-dealkylation sites (tertiary alicyclic amines) is 1. The summed E-state index contributed by atoms with van der Waals surface area (Å²) in [6.45, 7) is 12.5. The maximum atomic E-state index is 14.3. The number of ketones is 1. The van der Waals surface area contributed by atoms with E-state index in [1.54, 1.807) is 49.3 Å². The molecule has 6 atom stereocenters. The van der Waals surface area contributed by atoms with Gasteiger partial charge in [0.1, 0.15) is 12.1 Å². The lowest BCUT2D eigenvalue weighted by Crippen LogP contribution is -2.60. The van der Waals surface area contributed by atoms with E-state index in [0.29, 0.717) is 25.1 Å². The Morgan fingerprint density at radius 2 is 1.54 bits per heavy atom. The number of likely N-dealkylation sites (N-methyl/N-ethyl adjacent to an activating group) is 1. The van der Waals surface area contributed by atoms with Crippen LogP contribution in [0.2, 0.25) is 0 Å². The standard InChI is InChI=1S/C40H56N6O6/c1-9-16-28(33(48)36(50)42-23-29(47)44-31(37(51)45(7)8)26-19-14-11-15-20-26)43-35(49)32-30-27(40(30,5)6)24-46(32)38(52)34(39(2,3)4)41-22-21-25-17-12-10-13-18-25/h10-15,17-20,27-28,30-32,34,41H,9,16,21-24H2,1-8H3,(H,42,50)(H,43,49)(H,44,47). The molecule has 2 aromatic rings. The van der Waals surface area contributed by atoms with Crippen LogP contribution in [0.4, 0.5) is 0 Å². The highest BCUT2D eigenvalue weighted by Crippen LogP contribution is 2.65. The van der Waals surface area contributed by atoms with E-state index < -0.39 is 59.6 Å². The van der Waals surface area contributed by atoms with Crippen molar-refractivity contribution in [2.24, 2.45) is 22.7 Å². The predicted octanol–water partition coefficient (Wildman–Crippen LogP) is 2.63. The van der Waals surface area contributed by atoms with Crippen LogP contribution in [0.25, 0.3) is 0 Å². The second kappa shape index (κ2) is 16.8. The van der Waals surface area contributed by atoms with Gasteiger partial charge in [-0.05, 0) is 53.2 Å². The van der Waals surface area contributed by atoms with Crippen molar-refractivity contribution in [1.29, 1.82) is 0 Å². The molecule has 2 fully saturated rings. The molecule has 4 rings (SSSR count). The zero-order chi connectivity index (χ0) is 38.4. The minimum absolute atomic E-state index is 0.0845. The van der Waals surface area contributed by atoms with Crippen LogP contribution in [0.1, 0.15) is 71.6 Å². The van der Waals surface area contributed by atoms with Gasteiger partial charge in [-0.3, -0.25) is 28.8 Å². The second-order valence-electron chi connectivity index (χ2n) is 15.9. The Morgan fingerprint density at radius 3 is 2.12 bits per heavy atom. The topological polar surface area (TPSA) is 157 Å². The summed E-state index contributed by atoms with van der Waals surface area (Å²) in [7, 11) is 3.15. The maximum Gasteiger partial charge on any atom is 0.290 e. The third-order valence-electron chi connectivity index (χ3n) is 10.4. The average molecular weight is 717 g/mol. The smallest absolute Gasteiger partial charge is 0.290 e. The van der Waals surface area contributed by atoms with Gasteiger partial charge in [0.15, 0.2) is 0 Å². The second-order valence-corrected chi connectivity index (χ2v) is 15.9. The molecule has 0 spiro atoms. The van der Waals surface area contributed by atoms with Crippen molar-refractivity contribution in [2.45, 2.75) is 85.0 Å².